The molecule has 2 aromatic rings. The fraction of sp³-hybridized carbons (Fsp3) is 0.143. The van der Waals surface area contributed by atoms with E-state index in [-0.39, 0.29) is 5.88 Å². The molecule has 0 saturated heterocycles. The molecule has 0 unspecified atom stereocenters. The summed E-state index contributed by atoms with van der Waals surface area (Å²) in [5, 5.41) is 13.2. The molecule has 12 heavy (non-hydrogen) atoms. The van der Waals surface area contributed by atoms with E-state index >= 15 is 0 Å². The summed E-state index contributed by atoms with van der Waals surface area (Å²) in [4.78, 5) is 4.11. The van der Waals surface area contributed by atoms with Crippen molar-refractivity contribution in [2.75, 3.05) is 5.73 Å². The quantitative estimate of drug-likeness (QED) is 0.588. The van der Waals surface area contributed by atoms with Crippen molar-refractivity contribution >= 4 is 11.3 Å². The van der Waals surface area contributed by atoms with Crippen LogP contribution >= 0.6 is 0 Å². The fourth-order valence-corrected chi connectivity index (χ4v) is 1.08. The second kappa shape index (κ2) is 2.10. The standard InChI is InChI=1S/C7H8N4O/c1-4-2-6(12)11-7(10-4)5(8)3-9-11/h2-3,12H,8H2,1H3. The van der Waals surface area contributed by atoms with Crippen LogP contribution < -0.4 is 5.73 Å². The molecule has 0 bridgehead atoms. The largest absolute Gasteiger partial charge is 0.493 e. The van der Waals surface area contributed by atoms with E-state index in [0.29, 0.717) is 17.0 Å². The Bertz CT molecular complexity index is 434. The molecule has 0 radical (unpaired) electrons. The second-order valence-corrected chi connectivity index (χ2v) is 2.59. The van der Waals surface area contributed by atoms with Gasteiger partial charge in [-0.05, 0) is 6.92 Å². The van der Waals surface area contributed by atoms with Gasteiger partial charge in [-0.1, -0.05) is 0 Å². The third kappa shape index (κ3) is 0.795. The molecule has 62 valence electrons. The van der Waals surface area contributed by atoms with Gasteiger partial charge in [0.2, 0.25) is 5.88 Å². The Kier molecular flexibility index (Phi) is 1.21. The SMILES string of the molecule is Cc1cc(O)n2ncc(N)c2n1. The number of rotatable bonds is 0. The van der Waals surface area contributed by atoms with Crippen molar-refractivity contribution in [3.8, 4) is 5.88 Å². The predicted molar refractivity (Wildman–Crippen MR) is 43.8 cm³/mol. The van der Waals surface area contributed by atoms with Crippen molar-refractivity contribution in [2.45, 2.75) is 6.92 Å². The van der Waals surface area contributed by atoms with Crippen LogP contribution in [-0.2, 0) is 0 Å². The highest BCUT2D eigenvalue weighted by atomic mass is 16.3. The maximum atomic E-state index is 9.37. The van der Waals surface area contributed by atoms with Gasteiger partial charge in [0.05, 0.1) is 11.9 Å². The van der Waals surface area contributed by atoms with Crippen LogP contribution in [0.3, 0.4) is 0 Å². The van der Waals surface area contributed by atoms with Crippen LogP contribution in [0.5, 0.6) is 5.88 Å². The Hall–Kier alpha value is -1.78. The lowest BCUT2D eigenvalue weighted by atomic mass is 10.4. The lowest BCUT2D eigenvalue weighted by Gasteiger charge is -1.98. The van der Waals surface area contributed by atoms with E-state index in [1.165, 1.54) is 16.8 Å². The number of nitrogens with two attached hydrogens (primary N) is 1. The monoisotopic (exact) mass is 164 g/mol. The highest BCUT2D eigenvalue weighted by Gasteiger charge is 2.05. The first kappa shape index (κ1) is 6.90. The van der Waals surface area contributed by atoms with E-state index in [0.717, 1.165) is 0 Å². The van der Waals surface area contributed by atoms with Crippen LogP contribution in [0.25, 0.3) is 5.65 Å². The highest BCUT2D eigenvalue weighted by Crippen LogP contribution is 2.16. The van der Waals surface area contributed by atoms with Gasteiger partial charge >= 0.3 is 0 Å². The zero-order chi connectivity index (χ0) is 8.72. The molecule has 0 amide bonds. The number of hydrogen-bond acceptors (Lipinski definition) is 4. The predicted octanol–water partition coefficient (Wildman–Crippen LogP) is 0.326. The molecular formula is C7H8N4O. The van der Waals surface area contributed by atoms with Crippen LogP contribution in [0.4, 0.5) is 5.69 Å². The van der Waals surface area contributed by atoms with Crippen LogP contribution in [0.15, 0.2) is 12.3 Å². The summed E-state index contributed by atoms with van der Waals surface area (Å²) in [5.41, 5.74) is 7.23. The van der Waals surface area contributed by atoms with Gasteiger partial charge in [-0.3, -0.25) is 0 Å². The Morgan fingerprint density at radius 3 is 3.08 bits per heavy atom. The van der Waals surface area contributed by atoms with Crippen molar-refractivity contribution in [2.24, 2.45) is 0 Å². The third-order valence-corrected chi connectivity index (χ3v) is 1.61. The molecule has 2 heterocycles. The number of aromatic nitrogens is 3. The Labute approximate surface area is 68.5 Å². The lowest BCUT2D eigenvalue weighted by molar-refractivity contribution is 0.434. The number of fused-ring (bicyclic) bond motifs is 1. The van der Waals surface area contributed by atoms with Gasteiger partial charge in [-0.2, -0.15) is 9.61 Å². The van der Waals surface area contributed by atoms with Crippen molar-refractivity contribution in [3.63, 3.8) is 0 Å². The number of aryl methyl sites for hydroxylation is 1. The Morgan fingerprint density at radius 1 is 1.58 bits per heavy atom. The molecule has 2 rings (SSSR count). The van der Waals surface area contributed by atoms with E-state index in [1.54, 1.807) is 6.92 Å². The fourth-order valence-electron chi connectivity index (χ4n) is 1.08. The van der Waals surface area contributed by atoms with E-state index in [9.17, 15) is 5.11 Å². The first-order chi connectivity index (χ1) is 5.68. The normalized spacial score (nSPS) is 10.8. The van der Waals surface area contributed by atoms with Crippen molar-refractivity contribution < 1.29 is 5.11 Å². The number of anilines is 1. The minimum Gasteiger partial charge on any atom is -0.493 e. The van der Waals surface area contributed by atoms with Gasteiger partial charge in [0.15, 0.2) is 5.65 Å². The second-order valence-electron chi connectivity index (χ2n) is 2.59. The van der Waals surface area contributed by atoms with Crippen LogP contribution in [0, 0.1) is 6.92 Å². The molecule has 0 saturated carbocycles. The number of nitrogens with zero attached hydrogens (tertiary/aromatic N) is 3. The maximum absolute atomic E-state index is 9.37. The topological polar surface area (TPSA) is 76.4 Å². The highest BCUT2D eigenvalue weighted by molar-refractivity contribution is 5.64. The first-order valence-electron chi connectivity index (χ1n) is 3.48. The molecule has 0 aliphatic heterocycles. The van der Waals surface area contributed by atoms with E-state index < -0.39 is 0 Å². The average molecular weight is 164 g/mol. The molecule has 5 nitrogen and oxygen atoms in total. The molecule has 0 atom stereocenters. The molecule has 2 aromatic heterocycles. The first-order valence-corrected chi connectivity index (χ1v) is 3.48. The summed E-state index contributed by atoms with van der Waals surface area (Å²) in [6.45, 7) is 1.78. The molecule has 3 N–H and O–H groups in total. The molecular weight excluding hydrogens is 156 g/mol. The zero-order valence-electron chi connectivity index (χ0n) is 6.52. The summed E-state index contributed by atoms with van der Waals surface area (Å²) in [5.74, 6) is 0.0502. The average Bonchev–Trinajstić information content (AvgIpc) is 2.33. The van der Waals surface area contributed by atoms with E-state index in [1.807, 2.05) is 0 Å². The molecule has 0 spiro atoms. The van der Waals surface area contributed by atoms with Gasteiger partial charge in [0.1, 0.15) is 0 Å². The molecule has 0 fully saturated rings. The minimum absolute atomic E-state index is 0.0502. The van der Waals surface area contributed by atoms with Crippen LogP contribution in [0.2, 0.25) is 0 Å². The van der Waals surface area contributed by atoms with Crippen molar-refractivity contribution in [3.05, 3.63) is 18.0 Å². The summed E-state index contributed by atoms with van der Waals surface area (Å²) in [6, 6.07) is 1.53. The van der Waals surface area contributed by atoms with E-state index in [2.05, 4.69) is 10.1 Å². The number of nitrogen functional groups attached to an aromatic ring is 1. The molecule has 0 aromatic carbocycles. The Morgan fingerprint density at radius 2 is 2.33 bits per heavy atom. The molecule has 5 heteroatoms. The van der Waals surface area contributed by atoms with E-state index in [4.69, 9.17) is 5.73 Å². The smallest absolute Gasteiger partial charge is 0.215 e. The summed E-state index contributed by atoms with van der Waals surface area (Å²) in [6.07, 6.45) is 1.46. The summed E-state index contributed by atoms with van der Waals surface area (Å²) >= 11 is 0. The van der Waals surface area contributed by atoms with Gasteiger partial charge in [-0.25, -0.2) is 4.98 Å². The molecule has 0 aliphatic carbocycles. The van der Waals surface area contributed by atoms with Crippen LogP contribution in [0.1, 0.15) is 5.69 Å². The molecule has 0 aliphatic rings. The maximum Gasteiger partial charge on any atom is 0.215 e. The van der Waals surface area contributed by atoms with Crippen molar-refractivity contribution in [1.82, 2.24) is 14.6 Å². The number of aromatic hydroxyl groups is 1. The Balaban J connectivity index is 2.92. The minimum atomic E-state index is 0.0502. The van der Waals surface area contributed by atoms with Gasteiger partial charge in [-0.15, -0.1) is 0 Å². The third-order valence-electron chi connectivity index (χ3n) is 1.61. The van der Waals surface area contributed by atoms with Gasteiger partial charge < -0.3 is 10.8 Å². The van der Waals surface area contributed by atoms with Crippen molar-refractivity contribution in [1.29, 1.82) is 0 Å². The van der Waals surface area contributed by atoms with Crippen LogP contribution in [-0.4, -0.2) is 19.7 Å². The van der Waals surface area contributed by atoms with Gasteiger partial charge in [0.25, 0.3) is 0 Å². The summed E-state index contributed by atoms with van der Waals surface area (Å²) in [7, 11) is 0. The number of hydrogen-bond donors (Lipinski definition) is 2. The van der Waals surface area contributed by atoms with Gasteiger partial charge in [0, 0.05) is 11.8 Å². The lowest BCUT2D eigenvalue weighted by Crippen LogP contribution is -1.94. The summed E-state index contributed by atoms with van der Waals surface area (Å²) < 4.78 is 1.29. The zero-order valence-corrected chi connectivity index (χ0v) is 6.52.